The number of rotatable bonds is 7. The Balaban J connectivity index is 1.66. The molecule has 1 aliphatic rings. The van der Waals surface area contributed by atoms with Crippen LogP contribution in [-0.2, 0) is 13.0 Å². The van der Waals surface area contributed by atoms with Crippen molar-refractivity contribution in [2.24, 2.45) is 0 Å². The Kier molecular flexibility index (Phi) is 6.16. The van der Waals surface area contributed by atoms with Crippen LogP contribution in [0.1, 0.15) is 38.8 Å². The Bertz CT molecular complexity index is 750. The normalized spacial score (nSPS) is 14.1. The summed E-state index contributed by atoms with van der Waals surface area (Å²) in [5, 5.41) is 3.42. The number of nitrogens with two attached hydrogens (primary N) is 1. The predicted molar refractivity (Wildman–Crippen MR) is 113 cm³/mol. The molecule has 0 saturated carbocycles. The van der Waals surface area contributed by atoms with Crippen LogP contribution in [0.4, 0.5) is 17.6 Å². The van der Waals surface area contributed by atoms with E-state index in [9.17, 15) is 0 Å². The highest BCUT2D eigenvalue weighted by Gasteiger charge is 2.18. The van der Waals surface area contributed by atoms with E-state index in [1.165, 1.54) is 11.1 Å². The van der Waals surface area contributed by atoms with Crippen molar-refractivity contribution in [1.82, 2.24) is 14.9 Å². The topological polar surface area (TPSA) is 70.3 Å². The molecule has 1 aliphatic heterocycles. The molecule has 0 radical (unpaired) electrons. The van der Waals surface area contributed by atoms with Crippen molar-refractivity contribution in [3.8, 4) is 0 Å². The number of hydrogen-bond acceptors (Lipinski definition) is 6. The highest BCUT2D eigenvalue weighted by molar-refractivity contribution is 5.54. The molecule has 0 amide bonds. The quantitative estimate of drug-likeness (QED) is 0.782. The lowest BCUT2D eigenvalue weighted by atomic mass is 10.00. The first-order chi connectivity index (χ1) is 12.9. The molecule has 1 aromatic heterocycles. The third-order valence-corrected chi connectivity index (χ3v) is 5.19. The summed E-state index contributed by atoms with van der Waals surface area (Å²) in [6, 6.07) is 11.7. The van der Waals surface area contributed by atoms with E-state index in [0.29, 0.717) is 18.0 Å². The Morgan fingerprint density at radius 3 is 2.52 bits per heavy atom. The van der Waals surface area contributed by atoms with E-state index in [1.54, 1.807) is 0 Å². The summed E-state index contributed by atoms with van der Waals surface area (Å²) in [7, 11) is 0. The van der Waals surface area contributed by atoms with Crippen LogP contribution in [0.2, 0.25) is 0 Å². The highest BCUT2D eigenvalue weighted by Crippen LogP contribution is 2.25. The Morgan fingerprint density at radius 1 is 1.11 bits per heavy atom. The second-order valence-corrected chi connectivity index (χ2v) is 7.76. The van der Waals surface area contributed by atoms with E-state index in [4.69, 9.17) is 5.73 Å². The second kappa shape index (κ2) is 8.57. The molecule has 2 heterocycles. The van der Waals surface area contributed by atoms with Crippen LogP contribution in [-0.4, -0.2) is 46.6 Å². The average molecular weight is 369 g/mol. The van der Waals surface area contributed by atoms with Crippen molar-refractivity contribution in [3.63, 3.8) is 0 Å². The maximum absolute atomic E-state index is 5.99. The zero-order valence-corrected chi connectivity index (χ0v) is 16.9. The second-order valence-electron chi connectivity index (χ2n) is 7.76. The maximum atomic E-state index is 5.99. The smallest absolute Gasteiger partial charge is 0.223 e. The van der Waals surface area contributed by atoms with Gasteiger partial charge in [-0.25, -0.2) is 0 Å². The number of fused-ring (bicyclic) bond motifs is 1. The predicted octanol–water partition coefficient (Wildman–Crippen LogP) is 3.15. The van der Waals surface area contributed by atoms with Crippen LogP contribution in [0.5, 0.6) is 0 Å². The molecule has 1 aromatic carbocycles. The maximum Gasteiger partial charge on any atom is 0.223 e. The Labute approximate surface area is 162 Å². The first-order valence-corrected chi connectivity index (χ1v) is 9.90. The molecule has 0 fully saturated rings. The standard InChI is InChI=1S/C21H32N6/c1-15(2)27(16(3)4)12-10-23-19-13-20(25-21(22)24-19)26-11-9-17-7-5-6-8-18(17)14-26/h5-8,13,15-16H,9-12,14H2,1-4H3,(H3,22,23,24,25). The van der Waals surface area contributed by atoms with Crippen LogP contribution in [0, 0.1) is 0 Å². The van der Waals surface area contributed by atoms with Gasteiger partial charge in [0.15, 0.2) is 0 Å². The zero-order chi connectivity index (χ0) is 19.4. The molecule has 6 heteroatoms. The molecule has 0 saturated heterocycles. The zero-order valence-electron chi connectivity index (χ0n) is 16.9. The fourth-order valence-electron chi connectivity index (χ4n) is 3.82. The van der Waals surface area contributed by atoms with E-state index in [1.807, 2.05) is 6.07 Å². The van der Waals surface area contributed by atoms with Crippen LogP contribution < -0.4 is 16.0 Å². The number of benzene rings is 1. The number of aromatic nitrogens is 2. The summed E-state index contributed by atoms with van der Waals surface area (Å²) in [5.74, 6) is 2.01. The van der Waals surface area contributed by atoms with E-state index in [-0.39, 0.29) is 0 Å². The van der Waals surface area contributed by atoms with Crippen LogP contribution in [0.3, 0.4) is 0 Å². The van der Waals surface area contributed by atoms with Gasteiger partial charge in [-0.15, -0.1) is 0 Å². The van der Waals surface area contributed by atoms with Crippen LogP contribution in [0.25, 0.3) is 0 Å². The van der Waals surface area contributed by atoms with E-state index >= 15 is 0 Å². The van der Waals surface area contributed by atoms with E-state index < -0.39 is 0 Å². The number of nitrogens with one attached hydrogen (secondary N) is 1. The largest absolute Gasteiger partial charge is 0.369 e. The van der Waals surface area contributed by atoms with Crippen molar-refractivity contribution in [3.05, 3.63) is 41.5 Å². The number of nitrogen functional groups attached to an aromatic ring is 1. The summed E-state index contributed by atoms with van der Waals surface area (Å²) in [5.41, 5.74) is 8.78. The average Bonchev–Trinajstić information content (AvgIpc) is 2.63. The van der Waals surface area contributed by atoms with Gasteiger partial charge in [-0.05, 0) is 45.2 Å². The molecule has 0 aliphatic carbocycles. The summed E-state index contributed by atoms with van der Waals surface area (Å²) >= 11 is 0. The lowest BCUT2D eigenvalue weighted by Gasteiger charge is -2.31. The van der Waals surface area contributed by atoms with E-state index in [2.05, 4.69) is 77.0 Å². The minimum Gasteiger partial charge on any atom is -0.369 e. The molecule has 0 unspecified atom stereocenters. The van der Waals surface area contributed by atoms with Gasteiger partial charge >= 0.3 is 0 Å². The molecule has 3 rings (SSSR count). The molecule has 0 bridgehead atoms. The van der Waals surface area contributed by atoms with Crippen LogP contribution in [0.15, 0.2) is 30.3 Å². The molecule has 0 atom stereocenters. The van der Waals surface area contributed by atoms with Gasteiger partial charge in [0.2, 0.25) is 5.95 Å². The monoisotopic (exact) mass is 368 g/mol. The number of nitrogens with zero attached hydrogens (tertiary/aromatic N) is 4. The minimum absolute atomic E-state index is 0.318. The van der Waals surface area contributed by atoms with Crippen molar-refractivity contribution in [1.29, 1.82) is 0 Å². The SMILES string of the molecule is CC(C)N(CCNc1cc(N2CCc3ccccc3C2)nc(N)n1)C(C)C. The number of anilines is 3. The fraction of sp³-hybridized carbons (Fsp3) is 0.524. The molecule has 27 heavy (non-hydrogen) atoms. The molecular weight excluding hydrogens is 336 g/mol. The van der Waals surface area contributed by atoms with Crippen molar-refractivity contribution in [2.75, 3.05) is 35.6 Å². The van der Waals surface area contributed by atoms with Crippen molar-refractivity contribution in [2.45, 2.75) is 52.7 Å². The van der Waals surface area contributed by atoms with Crippen molar-refractivity contribution >= 4 is 17.6 Å². The fourth-order valence-corrected chi connectivity index (χ4v) is 3.82. The van der Waals surface area contributed by atoms with Gasteiger partial charge in [-0.2, -0.15) is 9.97 Å². The first kappa shape index (κ1) is 19.4. The molecule has 0 spiro atoms. The molecule has 146 valence electrons. The Hall–Kier alpha value is -2.34. The minimum atomic E-state index is 0.318. The number of hydrogen-bond donors (Lipinski definition) is 2. The van der Waals surface area contributed by atoms with Gasteiger partial charge in [0.25, 0.3) is 0 Å². The van der Waals surface area contributed by atoms with Crippen molar-refractivity contribution < 1.29 is 0 Å². The van der Waals surface area contributed by atoms with Gasteiger partial charge in [0.05, 0.1) is 0 Å². The summed E-state index contributed by atoms with van der Waals surface area (Å²) < 4.78 is 0. The van der Waals surface area contributed by atoms with E-state index in [0.717, 1.165) is 44.2 Å². The van der Waals surface area contributed by atoms with Gasteiger partial charge in [0, 0.05) is 44.3 Å². The molecule has 2 aromatic rings. The van der Waals surface area contributed by atoms with Crippen LogP contribution >= 0.6 is 0 Å². The van der Waals surface area contributed by atoms with Gasteiger partial charge < -0.3 is 16.0 Å². The third-order valence-electron chi connectivity index (χ3n) is 5.19. The highest BCUT2D eigenvalue weighted by atomic mass is 15.2. The first-order valence-electron chi connectivity index (χ1n) is 9.90. The van der Waals surface area contributed by atoms with Gasteiger partial charge in [0.1, 0.15) is 11.6 Å². The molecule has 6 nitrogen and oxygen atoms in total. The lowest BCUT2D eigenvalue weighted by Crippen LogP contribution is -2.40. The van der Waals surface area contributed by atoms with Gasteiger partial charge in [-0.3, -0.25) is 4.90 Å². The Morgan fingerprint density at radius 2 is 1.81 bits per heavy atom. The summed E-state index contributed by atoms with van der Waals surface area (Å²) in [6.45, 7) is 12.5. The third kappa shape index (κ3) is 4.89. The van der Waals surface area contributed by atoms with Gasteiger partial charge in [-0.1, -0.05) is 24.3 Å². The molecule has 3 N–H and O–H groups in total. The summed E-state index contributed by atoms with van der Waals surface area (Å²) in [6.07, 6.45) is 1.03. The molecular formula is C21H32N6. The lowest BCUT2D eigenvalue weighted by molar-refractivity contribution is 0.182. The summed E-state index contributed by atoms with van der Waals surface area (Å²) in [4.78, 5) is 13.6.